The Morgan fingerprint density at radius 3 is 2.10 bits per heavy atom. The van der Waals surface area contributed by atoms with E-state index in [4.69, 9.17) is 11.6 Å². The van der Waals surface area contributed by atoms with Gasteiger partial charge in [0.15, 0.2) is 5.78 Å². The second-order valence-electron chi connectivity index (χ2n) is 6.96. The van der Waals surface area contributed by atoms with Gasteiger partial charge >= 0.3 is 0 Å². The van der Waals surface area contributed by atoms with Crippen molar-refractivity contribution in [3.8, 4) is 0 Å². The molecule has 0 fully saturated rings. The minimum atomic E-state index is -0.470. The van der Waals surface area contributed by atoms with Gasteiger partial charge in [0.1, 0.15) is 0 Å². The number of nitrogens with zero attached hydrogens (tertiary/aromatic N) is 1. The smallest absolute Gasteiger partial charge is 0.252 e. The van der Waals surface area contributed by atoms with E-state index in [1.165, 1.54) is 0 Å². The fraction of sp³-hybridized carbons (Fsp3) is 0.160. The third kappa shape index (κ3) is 5.80. The maximum Gasteiger partial charge on any atom is 0.252 e. The SMILES string of the molecule is CCN(Cc1ccccc1)C(=O)CNC(=O)c1ccccc1C(=O)c1ccc(Cl)cc1. The largest absolute Gasteiger partial charge is 0.343 e. The molecule has 158 valence electrons. The Hall–Kier alpha value is -3.44. The second-order valence-corrected chi connectivity index (χ2v) is 7.39. The van der Waals surface area contributed by atoms with Crippen molar-refractivity contribution in [3.05, 3.63) is 106 Å². The molecule has 5 nitrogen and oxygen atoms in total. The third-order valence-electron chi connectivity index (χ3n) is 4.87. The molecule has 0 aliphatic heterocycles. The molecule has 0 unspecified atom stereocenters. The highest BCUT2D eigenvalue weighted by atomic mass is 35.5. The summed E-state index contributed by atoms with van der Waals surface area (Å²) in [5.74, 6) is -0.948. The summed E-state index contributed by atoms with van der Waals surface area (Å²) in [7, 11) is 0. The van der Waals surface area contributed by atoms with Crippen molar-refractivity contribution in [1.82, 2.24) is 10.2 Å². The van der Waals surface area contributed by atoms with Gasteiger partial charge in [-0.15, -0.1) is 0 Å². The van der Waals surface area contributed by atoms with Crippen LogP contribution in [0.3, 0.4) is 0 Å². The summed E-state index contributed by atoms with van der Waals surface area (Å²) in [6, 6.07) is 22.7. The second kappa shape index (κ2) is 10.5. The molecule has 0 spiro atoms. The van der Waals surface area contributed by atoms with Gasteiger partial charge in [0, 0.05) is 29.2 Å². The van der Waals surface area contributed by atoms with Gasteiger partial charge in [-0.2, -0.15) is 0 Å². The Balaban J connectivity index is 1.68. The first-order valence-corrected chi connectivity index (χ1v) is 10.4. The molecule has 31 heavy (non-hydrogen) atoms. The highest BCUT2D eigenvalue weighted by Crippen LogP contribution is 2.17. The van der Waals surface area contributed by atoms with E-state index in [-0.39, 0.29) is 29.4 Å². The van der Waals surface area contributed by atoms with Gasteiger partial charge in [-0.05, 0) is 42.8 Å². The first-order valence-electron chi connectivity index (χ1n) is 9.98. The first-order chi connectivity index (χ1) is 15.0. The predicted octanol–water partition coefficient (Wildman–Crippen LogP) is 4.35. The van der Waals surface area contributed by atoms with Crippen LogP contribution in [0, 0.1) is 0 Å². The number of nitrogens with one attached hydrogen (secondary N) is 1. The molecule has 0 atom stereocenters. The molecular formula is C25H23ClN2O3. The van der Waals surface area contributed by atoms with E-state index in [0.717, 1.165) is 5.56 Å². The molecule has 6 heteroatoms. The lowest BCUT2D eigenvalue weighted by Gasteiger charge is -2.21. The van der Waals surface area contributed by atoms with E-state index in [1.54, 1.807) is 53.4 Å². The molecule has 1 N–H and O–H groups in total. The van der Waals surface area contributed by atoms with E-state index in [0.29, 0.717) is 23.7 Å². The fourth-order valence-electron chi connectivity index (χ4n) is 3.18. The summed E-state index contributed by atoms with van der Waals surface area (Å²) in [6.07, 6.45) is 0. The zero-order valence-electron chi connectivity index (χ0n) is 17.2. The van der Waals surface area contributed by atoms with Crippen LogP contribution in [0.1, 0.15) is 38.8 Å². The van der Waals surface area contributed by atoms with Crippen molar-refractivity contribution in [3.63, 3.8) is 0 Å². The molecule has 0 heterocycles. The van der Waals surface area contributed by atoms with Crippen LogP contribution in [0.2, 0.25) is 5.02 Å². The number of hydrogen-bond acceptors (Lipinski definition) is 3. The van der Waals surface area contributed by atoms with Crippen LogP contribution in [0.4, 0.5) is 0 Å². The number of carbonyl (C=O) groups is 3. The van der Waals surface area contributed by atoms with Crippen LogP contribution in [-0.2, 0) is 11.3 Å². The summed E-state index contributed by atoms with van der Waals surface area (Å²) < 4.78 is 0. The lowest BCUT2D eigenvalue weighted by atomic mass is 9.98. The molecule has 0 aromatic heterocycles. The fourth-order valence-corrected chi connectivity index (χ4v) is 3.30. The predicted molar refractivity (Wildman–Crippen MR) is 121 cm³/mol. The number of rotatable bonds is 8. The molecule has 0 radical (unpaired) electrons. The van der Waals surface area contributed by atoms with Gasteiger partial charge in [-0.1, -0.05) is 60.1 Å². The molecule has 0 aliphatic rings. The molecule has 0 aliphatic carbocycles. The van der Waals surface area contributed by atoms with E-state index < -0.39 is 5.91 Å². The Morgan fingerprint density at radius 1 is 0.839 bits per heavy atom. The molecule has 3 rings (SSSR count). The van der Waals surface area contributed by atoms with Crippen LogP contribution in [0.15, 0.2) is 78.9 Å². The lowest BCUT2D eigenvalue weighted by molar-refractivity contribution is -0.130. The monoisotopic (exact) mass is 434 g/mol. The molecule has 0 saturated heterocycles. The van der Waals surface area contributed by atoms with E-state index >= 15 is 0 Å². The van der Waals surface area contributed by atoms with Gasteiger partial charge in [0.2, 0.25) is 5.91 Å². The highest BCUT2D eigenvalue weighted by Gasteiger charge is 2.19. The van der Waals surface area contributed by atoms with Crippen molar-refractivity contribution >= 4 is 29.2 Å². The van der Waals surface area contributed by atoms with Crippen molar-refractivity contribution in [1.29, 1.82) is 0 Å². The number of carbonyl (C=O) groups excluding carboxylic acids is 3. The zero-order valence-corrected chi connectivity index (χ0v) is 17.9. The molecule has 0 saturated carbocycles. The summed E-state index contributed by atoms with van der Waals surface area (Å²) >= 11 is 5.89. The van der Waals surface area contributed by atoms with E-state index in [2.05, 4.69) is 5.32 Å². The number of ketones is 1. The Kier molecular flexibility index (Phi) is 7.57. The van der Waals surface area contributed by atoms with Gasteiger partial charge in [0.25, 0.3) is 5.91 Å². The molecule has 3 aromatic rings. The highest BCUT2D eigenvalue weighted by molar-refractivity contribution is 6.30. The number of halogens is 1. The number of hydrogen-bond donors (Lipinski definition) is 1. The number of benzene rings is 3. The Morgan fingerprint density at radius 2 is 1.45 bits per heavy atom. The topological polar surface area (TPSA) is 66.5 Å². The summed E-state index contributed by atoms with van der Waals surface area (Å²) in [5, 5.41) is 3.18. The zero-order chi connectivity index (χ0) is 22.2. The number of amides is 2. The van der Waals surface area contributed by atoms with Crippen LogP contribution in [0.25, 0.3) is 0 Å². The average Bonchev–Trinajstić information content (AvgIpc) is 2.81. The quantitative estimate of drug-likeness (QED) is 0.536. The molecule has 2 amide bonds. The van der Waals surface area contributed by atoms with Crippen molar-refractivity contribution in [2.75, 3.05) is 13.1 Å². The summed E-state index contributed by atoms with van der Waals surface area (Å²) in [5.41, 5.74) is 1.94. The maximum absolute atomic E-state index is 12.9. The van der Waals surface area contributed by atoms with Crippen molar-refractivity contribution < 1.29 is 14.4 Å². The molecule has 3 aromatic carbocycles. The van der Waals surface area contributed by atoms with Crippen molar-refractivity contribution in [2.45, 2.75) is 13.5 Å². The van der Waals surface area contributed by atoms with E-state index in [1.807, 2.05) is 37.3 Å². The van der Waals surface area contributed by atoms with Crippen LogP contribution >= 0.6 is 11.6 Å². The molecule has 0 bridgehead atoms. The van der Waals surface area contributed by atoms with Crippen molar-refractivity contribution in [2.24, 2.45) is 0 Å². The van der Waals surface area contributed by atoms with Crippen LogP contribution in [-0.4, -0.2) is 35.6 Å². The summed E-state index contributed by atoms with van der Waals surface area (Å²) in [4.78, 5) is 39.9. The lowest BCUT2D eigenvalue weighted by Crippen LogP contribution is -2.40. The van der Waals surface area contributed by atoms with Crippen LogP contribution < -0.4 is 5.32 Å². The van der Waals surface area contributed by atoms with Gasteiger partial charge in [-0.25, -0.2) is 0 Å². The normalized spacial score (nSPS) is 10.4. The standard InChI is InChI=1S/C25H23ClN2O3/c1-2-28(17-18-8-4-3-5-9-18)23(29)16-27-25(31)22-11-7-6-10-21(22)24(30)19-12-14-20(26)15-13-19/h3-15H,2,16-17H2,1H3,(H,27,31). The average molecular weight is 435 g/mol. The maximum atomic E-state index is 12.9. The van der Waals surface area contributed by atoms with E-state index in [9.17, 15) is 14.4 Å². The summed E-state index contributed by atoms with van der Waals surface area (Å²) in [6.45, 7) is 2.73. The molecular weight excluding hydrogens is 412 g/mol. The first kappa shape index (κ1) is 22.2. The Labute approximate surface area is 186 Å². The van der Waals surface area contributed by atoms with Gasteiger partial charge in [0.05, 0.1) is 12.1 Å². The van der Waals surface area contributed by atoms with Crippen LogP contribution in [0.5, 0.6) is 0 Å². The minimum absolute atomic E-state index is 0.150. The minimum Gasteiger partial charge on any atom is -0.343 e. The Bertz CT molecular complexity index is 1070. The third-order valence-corrected chi connectivity index (χ3v) is 5.13. The van der Waals surface area contributed by atoms with Gasteiger partial charge < -0.3 is 10.2 Å². The van der Waals surface area contributed by atoms with Gasteiger partial charge in [-0.3, -0.25) is 14.4 Å². The number of likely N-dealkylation sites (N-methyl/N-ethyl adjacent to an activating group) is 1.